The Hall–Kier alpha value is -2.20. The van der Waals surface area contributed by atoms with Gasteiger partial charge in [0.15, 0.2) is 0 Å². The zero-order valence-electron chi connectivity index (χ0n) is 17.9. The summed E-state index contributed by atoms with van der Waals surface area (Å²) in [5.74, 6) is -2.02. The fourth-order valence-electron chi connectivity index (χ4n) is 3.85. The predicted molar refractivity (Wildman–Crippen MR) is 125 cm³/mol. The maximum absolute atomic E-state index is 12.3. The van der Waals surface area contributed by atoms with Crippen molar-refractivity contribution in [3.05, 3.63) is 47.5 Å². The first-order valence-electron chi connectivity index (χ1n) is 10.6. The maximum atomic E-state index is 12.3. The summed E-state index contributed by atoms with van der Waals surface area (Å²) >= 11 is -1.47. The summed E-state index contributed by atoms with van der Waals surface area (Å²) in [5.41, 5.74) is 3.98. The van der Waals surface area contributed by atoms with Crippen LogP contribution in [0.25, 0.3) is 11.1 Å². The summed E-state index contributed by atoms with van der Waals surface area (Å²) in [4.78, 5) is 45.8. The first-order chi connectivity index (χ1) is 15.8. The topological polar surface area (TPSA) is 129 Å². The Morgan fingerprint density at radius 2 is 1.12 bits per heavy atom. The third-order valence-electron chi connectivity index (χ3n) is 5.36. The number of rotatable bonds is 13. The van der Waals surface area contributed by atoms with Crippen LogP contribution < -0.4 is 8.70 Å². The normalized spacial score (nSPS) is 14.6. The van der Waals surface area contributed by atoms with Gasteiger partial charge in [0.2, 0.25) is 0 Å². The molecule has 0 aromatic heterocycles. The summed E-state index contributed by atoms with van der Waals surface area (Å²) in [7, 11) is 0. The second-order valence-electron chi connectivity index (χ2n) is 7.78. The zero-order valence-corrected chi connectivity index (χ0v) is 21.6. The molecular weight excluding hydrogens is 550 g/mol. The van der Waals surface area contributed by atoms with Crippen molar-refractivity contribution in [2.45, 2.75) is 44.4 Å². The Bertz CT molecular complexity index is 997. The van der Waals surface area contributed by atoms with Gasteiger partial charge in [-0.3, -0.25) is 0 Å². The van der Waals surface area contributed by atoms with Crippen LogP contribution in [0.2, 0.25) is 0 Å². The van der Waals surface area contributed by atoms with Crippen molar-refractivity contribution in [1.29, 1.82) is 0 Å². The molecule has 172 valence electrons. The van der Waals surface area contributed by atoms with Gasteiger partial charge in [-0.15, -0.1) is 0 Å². The Balaban J connectivity index is 1.71. The summed E-state index contributed by atoms with van der Waals surface area (Å²) in [6, 6.07) is 11.8. The van der Waals surface area contributed by atoms with Crippen LogP contribution >= 0.6 is 0 Å². The average molecular weight is 574 g/mol. The minimum absolute atomic E-state index is 0.00836. The van der Waals surface area contributed by atoms with Crippen LogP contribution in [0.1, 0.15) is 55.6 Å². The van der Waals surface area contributed by atoms with Gasteiger partial charge >= 0.3 is 205 Å². The summed E-state index contributed by atoms with van der Waals surface area (Å²) in [6.45, 7) is -0.0843. The second-order valence-corrected chi connectivity index (χ2v) is 13.0. The molecule has 7 nitrogen and oxygen atoms in total. The van der Waals surface area contributed by atoms with Crippen molar-refractivity contribution in [3.8, 4) is 11.1 Å². The van der Waals surface area contributed by atoms with Gasteiger partial charge in [0, 0.05) is 0 Å². The SMILES string of the molecule is O=C(O)CCCC(=O)[As]c1ccc2c(c1)C(CO)c1cc([As]C(=O)CCCC(=O)O)ccc1-2. The predicted octanol–water partition coefficient (Wildman–Crippen LogP) is 1.01. The molecule has 0 bridgehead atoms. The van der Waals surface area contributed by atoms with E-state index in [0.29, 0.717) is 12.8 Å². The molecule has 33 heavy (non-hydrogen) atoms. The Morgan fingerprint density at radius 3 is 1.48 bits per heavy atom. The third kappa shape index (κ3) is 6.89. The molecule has 0 fully saturated rings. The molecule has 2 aromatic carbocycles. The standard InChI is InChI=1S/C24H24As2O7/c27-13-20-18-11-14(25-21(28)3-1-5-23(30)31)7-9-16(18)17-10-8-15(12-19(17)20)26-22(29)4-2-6-24(32)33/h7-12,20,27H,1-6,13H2,(H,30,31)(H,32,33). The first-order valence-corrected chi connectivity index (χ1v) is 14.4. The van der Waals surface area contributed by atoms with Crippen molar-refractivity contribution >= 4 is 61.3 Å². The van der Waals surface area contributed by atoms with Crippen molar-refractivity contribution in [1.82, 2.24) is 0 Å². The number of fused-ring (bicyclic) bond motifs is 3. The van der Waals surface area contributed by atoms with E-state index in [2.05, 4.69) is 0 Å². The van der Waals surface area contributed by atoms with Crippen LogP contribution in [0.4, 0.5) is 0 Å². The third-order valence-corrected chi connectivity index (χ3v) is 9.60. The average Bonchev–Trinajstić information content (AvgIpc) is 3.05. The quantitative estimate of drug-likeness (QED) is 0.305. The van der Waals surface area contributed by atoms with E-state index in [1.54, 1.807) is 0 Å². The summed E-state index contributed by atoms with van der Waals surface area (Å²) < 4.78 is 2.01. The van der Waals surface area contributed by atoms with Gasteiger partial charge < -0.3 is 0 Å². The van der Waals surface area contributed by atoms with Crippen molar-refractivity contribution < 1.29 is 34.5 Å². The van der Waals surface area contributed by atoms with Gasteiger partial charge in [-0.25, -0.2) is 0 Å². The summed E-state index contributed by atoms with van der Waals surface area (Å²) in [6.07, 6.45) is 1.21. The van der Waals surface area contributed by atoms with Crippen LogP contribution in [0.15, 0.2) is 36.4 Å². The fraction of sp³-hybridized carbons (Fsp3) is 0.333. The molecule has 0 heterocycles. The molecule has 2 aromatic rings. The number of benzene rings is 2. The van der Waals surface area contributed by atoms with E-state index in [1.807, 2.05) is 36.4 Å². The monoisotopic (exact) mass is 574 g/mol. The fourth-order valence-corrected chi connectivity index (χ4v) is 7.67. The number of carbonyl (C=O) groups excluding carboxylic acids is 2. The van der Waals surface area contributed by atoms with Crippen molar-refractivity contribution in [3.63, 3.8) is 0 Å². The van der Waals surface area contributed by atoms with Gasteiger partial charge in [-0.2, -0.15) is 0 Å². The molecule has 0 amide bonds. The molecule has 2 radical (unpaired) electrons. The summed E-state index contributed by atoms with van der Waals surface area (Å²) in [5, 5.41) is 27.6. The van der Waals surface area contributed by atoms with Gasteiger partial charge in [0.1, 0.15) is 0 Å². The van der Waals surface area contributed by atoms with E-state index in [1.165, 1.54) is 0 Å². The van der Waals surface area contributed by atoms with Crippen molar-refractivity contribution in [2.24, 2.45) is 0 Å². The van der Waals surface area contributed by atoms with Gasteiger partial charge in [0.25, 0.3) is 0 Å². The number of hydrogen-bond donors (Lipinski definition) is 3. The molecule has 0 saturated carbocycles. The molecule has 0 spiro atoms. The van der Waals surface area contributed by atoms with Gasteiger partial charge in [-0.1, -0.05) is 0 Å². The number of aliphatic carboxylic acids is 2. The van der Waals surface area contributed by atoms with Crippen LogP contribution in [-0.4, -0.2) is 74.5 Å². The molecule has 1 aliphatic carbocycles. The Morgan fingerprint density at radius 1 is 0.697 bits per heavy atom. The van der Waals surface area contributed by atoms with E-state index in [9.17, 15) is 24.3 Å². The van der Waals surface area contributed by atoms with E-state index in [0.717, 1.165) is 31.0 Å². The van der Waals surface area contributed by atoms with E-state index >= 15 is 0 Å². The second kappa shape index (κ2) is 11.8. The molecule has 0 unspecified atom stereocenters. The van der Waals surface area contributed by atoms with E-state index < -0.39 is 43.4 Å². The molecule has 0 aliphatic heterocycles. The molecule has 3 N–H and O–H groups in total. The number of aliphatic hydroxyl groups is 1. The van der Waals surface area contributed by atoms with Crippen LogP contribution in [0, 0.1) is 0 Å². The Labute approximate surface area is 205 Å². The van der Waals surface area contributed by atoms with Gasteiger partial charge in [-0.05, 0) is 0 Å². The van der Waals surface area contributed by atoms with Gasteiger partial charge in [0.05, 0.1) is 0 Å². The number of carbonyl (C=O) groups is 4. The Kier molecular flexibility index (Phi) is 9.08. The molecule has 9 heteroatoms. The van der Waals surface area contributed by atoms with Crippen LogP contribution in [0.5, 0.6) is 0 Å². The van der Waals surface area contributed by atoms with Crippen LogP contribution in [-0.2, 0) is 19.2 Å². The minimum atomic E-state index is -0.900. The molecule has 1 aliphatic rings. The molecular formula is C24H24As2O7. The van der Waals surface area contributed by atoms with Crippen LogP contribution in [0.3, 0.4) is 0 Å². The molecule has 0 atom stereocenters. The van der Waals surface area contributed by atoms with Crippen molar-refractivity contribution in [2.75, 3.05) is 6.61 Å². The number of aliphatic hydroxyl groups excluding tert-OH is 1. The number of hydrogen-bond acceptors (Lipinski definition) is 5. The zero-order chi connectivity index (χ0) is 24.0. The van der Waals surface area contributed by atoms with E-state index in [4.69, 9.17) is 10.2 Å². The first kappa shape index (κ1) is 25.4. The molecule has 3 rings (SSSR count). The number of carboxylic acid groups (broad SMARTS) is 2. The van der Waals surface area contributed by atoms with E-state index in [-0.39, 0.29) is 47.4 Å². The number of carboxylic acids is 2. The molecule has 0 saturated heterocycles.